The van der Waals surface area contributed by atoms with Crippen LogP contribution in [0, 0.1) is 5.92 Å². The monoisotopic (exact) mass is 417 g/mol. The van der Waals surface area contributed by atoms with E-state index in [2.05, 4.69) is 36.3 Å². The summed E-state index contributed by atoms with van der Waals surface area (Å²) in [7, 11) is 0. The number of rotatable bonds is 6. The van der Waals surface area contributed by atoms with E-state index >= 15 is 0 Å². The molecule has 3 aromatic rings. The Bertz CT molecular complexity index is 1150. The molecule has 1 heterocycles. The molecule has 1 aliphatic carbocycles. The van der Waals surface area contributed by atoms with E-state index in [0.29, 0.717) is 29.6 Å². The third-order valence-corrected chi connectivity index (χ3v) is 6.10. The summed E-state index contributed by atoms with van der Waals surface area (Å²) in [6.07, 6.45) is 3.68. The molecule has 4 rings (SSSR count). The van der Waals surface area contributed by atoms with Crippen molar-refractivity contribution in [3.63, 3.8) is 0 Å². The number of amides is 1. The summed E-state index contributed by atoms with van der Waals surface area (Å²) in [5.41, 5.74) is 2.98. The second-order valence-electron chi connectivity index (χ2n) is 8.94. The molecule has 0 saturated carbocycles. The van der Waals surface area contributed by atoms with Gasteiger partial charge in [-0.1, -0.05) is 63.2 Å². The molecule has 0 aliphatic heterocycles. The third kappa shape index (κ3) is 4.27. The fraction of sp³-hybridized carbons (Fsp3) is 0.423. The van der Waals surface area contributed by atoms with Gasteiger partial charge in [0.1, 0.15) is 0 Å². The Morgan fingerprint density at radius 1 is 1.10 bits per heavy atom. The van der Waals surface area contributed by atoms with E-state index in [1.54, 1.807) is 6.07 Å². The summed E-state index contributed by atoms with van der Waals surface area (Å²) in [5, 5.41) is 5.81. The van der Waals surface area contributed by atoms with E-state index in [-0.39, 0.29) is 23.4 Å². The number of aromatic nitrogens is 2. The minimum absolute atomic E-state index is 0.0695. The van der Waals surface area contributed by atoms with Crippen LogP contribution in [-0.4, -0.2) is 33.2 Å². The van der Waals surface area contributed by atoms with Gasteiger partial charge in [0, 0.05) is 24.5 Å². The van der Waals surface area contributed by atoms with Gasteiger partial charge in [0.15, 0.2) is 5.69 Å². The fourth-order valence-corrected chi connectivity index (χ4v) is 4.63. The van der Waals surface area contributed by atoms with Crippen molar-refractivity contribution in [3.05, 3.63) is 75.7 Å². The van der Waals surface area contributed by atoms with E-state index in [9.17, 15) is 9.59 Å². The minimum Gasteiger partial charge on any atom is -0.334 e. The van der Waals surface area contributed by atoms with Crippen molar-refractivity contribution in [2.75, 3.05) is 6.54 Å². The highest BCUT2D eigenvalue weighted by Crippen LogP contribution is 2.26. The Morgan fingerprint density at radius 2 is 1.77 bits per heavy atom. The summed E-state index contributed by atoms with van der Waals surface area (Å²) in [5.74, 6) is 0.191. The number of hydrogen-bond acceptors (Lipinski definition) is 3. The lowest BCUT2D eigenvalue weighted by Crippen LogP contribution is -2.45. The summed E-state index contributed by atoms with van der Waals surface area (Å²) in [6.45, 7) is 7.38. The van der Waals surface area contributed by atoms with Gasteiger partial charge < -0.3 is 4.90 Å². The molecule has 31 heavy (non-hydrogen) atoms. The molecule has 0 radical (unpaired) electrons. The van der Waals surface area contributed by atoms with E-state index in [1.165, 1.54) is 15.8 Å². The molecule has 1 unspecified atom stereocenters. The highest BCUT2D eigenvalue weighted by atomic mass is 16.2. The topological polar surface area (TPSA) is 55.2 Å². The van der Waals surface area contributed by atoms with E-state index in [1.807, 2.05) is 36.9 Å². The quantitative estimate of drug-likeness (QED) is 0.595. The first-order valence-corrected chi connectivity index (χ1v) is 11.4. The zero-order valence-corrected chi connectivity index (χ0v) is 18.7. The van der Waals surface area contributed by atoms with Crippen molar-refractivity contribution in [1.29, 1.82) is 0 Å². The first-order valence-electron chi connectivity index (χ1n) is 11.4. The standard InChI is InChI=1S/C26H31N3O2/c1-4-15-28(21-14-13-19-9-5-6-10-20(19)16-21)26(31)24-22-11-7-8-12-23(22)25(30)29(27-24)17-18(2)3/h5-12,18,21H,4,13-17H2,1-3H3. The normalized spacial score (nSPS) is 15.8. The number of carbonyl (C=O) groups is 1. The average molecular weight is 418 g/mol. The van der Waals surface area contributed by atoms with Gasteiger partial charge in [0.05, 0.1) is 5.39 Å². The number of nitrogens with zero attached hydrogens (tertiary/aromatic N) is 3. The summed E-state index contributed by atoms with van der Waals surface area (Å²) in [4.78, 5) is 28.8. The molecule has 0 saturated heterocycles. The van der Waals surface area contributed by atoms with Crippen molar-refractivity contribution in [3.8, 4) is 0 Å². The molecule has 2 aromatic carbocycles. The lowest BCUT2D eigenvalue weighted by Gasteiger charge is -2.35. The maximum absolute atomic E-state index is 13.9. The van der Waals surface area contributed by atoms with Gasteiger partial charge in [-0.05, 0) is 48.8 Å². The van der Waals surface area contributed by atoms with Crippen molar-refractivity contribution < 1.29 is 4.79 Å². The van der Waals surface area contributed by atoms with Crippen molar-refractivity contribution in [2.24, 2.45) is 5.92 Å². The smallest absolute Gasteiger partial charge is 0.275 e. The Hall–Kier alpha value is -2.95. The maximum Gasteiger partial charge on any atom is 0.275 e. The van der Waals surface area contributed by atoms with Gasteiger partial charge in [-0.2, -0.15) is 5.10 Å². The van der Waals surface area contributed by atoms with Gasteiger partial charge in [0.2, 0.25) is 0 Å². The fourth-order valence-electron chi connectivity index (χ4n) is 4.63. The van der Waals surface area contributed by atoms with Crippen LogP contribution in [0.25, 0.3) is 10.8 Å². The molecular weight excluding hydrogens is 386 g/mol. The first-order chi connectivity index (χ1) is 15.0. The van der Waals surface area contributed by atoms with Crippen LogP contribution in [0.3, 0.4) is 0 Å². The number of benzene rings is 2. The molecular formula is C26H31N3O2. The van der Waals surface area contributed by atoms with E-state index < -0.39 is 0 Å². The van der Waals surface area contributed by atoms with Gasteiger partial charge in [-0.15, -0.1) is 0 Å². The molecule has 0 N–H and O–H groups in total. The molecule has 1 amide bonds. The minimum atomic E-state index is -0.130. The molecule has 1 atom stereocenters. The molecule has 0 bridgehead atoms. The molecule has 0 spiro atoms. The Labute approximate surface area is 183 Å². The number of hydrogen-bond donors (Lipinski definition) is 0. The van der Waals surface area contributed by atoms with Crippen molar-refractivity contribution >= 4 is 16.7 Å². The van der Waals surface area contributed by atoms with Crippen LogP contribution in [0.4, 0.5) is 0 Å². The number of aryl methyl sites for hydroxylation is 1. The Morgan fingerprint density at radius 3 is 2.48 bits per heavy atom. The van der Waals surface area contributed by atoms with Crippen LogP contribution in [0.1, 0.15) is 55.2 Å². The van der Waals surface area contributed by atoms with Crippen LogP contribution < -0.4 is 5.56 Å². The largest absolute Gasteiger partial charge is 0.334 e. The zero-order chi connectivity index (χ0) is 22.0. The second kappa shape index (κ2) is 9.04. The molecule has 0 fully saturated rings. The summed E-state index contributed by atoms with van der Waals surface area (Å²) in [6, 6.07) is 16.0. The highest BCUT2D eigenvalue weighted by molar-refractivity contribution is 6.04. The van der Waals surface area contributed by atoms with Crippen molar-refractivity contribution in [1.82, 2.24) is 14.7 Å². The molecule has 5 nitrogen and oxygen atoms in total. The highest BCUT2D eigenvalue weighted by Gasteiger charge is 2.30. The molecule has 1 aromatic heterocycles. The van der Waals surface area contributed by atoms with Crippen molar-refractivity contribution in [2.45, 2.75) is 59.0 Å². The third-order valence-electron chi connectivity index (χ3n) is 6.10. The van der Waals surface area contributed by atoms with Crippen LogP contribution in [0.5, 0.6) is 0 Å². The van der Waals surface area contributed by atoms with Crippen LogP contribution in [0.2, 0.25) is 0 Å². The predicted molar refractivity (Wildman–Crippen MR) is 124 cm³/mol. The summed E-state index contributed by atoms with van der Waals surface area (Å²) < 4.78 is 1.47. The van der Waals surface area contributed by atoms with Gasteiger partial charge in [-0.3, -0.25) is 9.59 Å². The Kier molecular flexibility index (Phi) is 6.21. The molecule has 5 heteroatoms. The van der Waals surface area contributed by atoms with Crippen LogP contribution in [-0.2, 0) is 19.4 Å². The molecule has 1 aliphatic rings. The maximum atomic E-state index is 13.9. The lowest BCUT2D eigenvalue weighted by molar-refractivity contribution is 0.0654. The lowest BCUT2D eigenvalue weighted by atomic mass is 9.87. The van der Waals surface area contributed by atoms with Crippen LogP contribution >= 0.6 is 0 Å². The zero-order valence-electron chi connectivity index (χ0n) is 18.7. The van der Waals surface area contributed by atoms with Gasteiger partial charge in [0.25, 0.3) is 11.5 Å². The average Bonchev–Trinajstić information content (AvgIpc) is 2.78. The Balaban J connectivity index is 1.76. The van der Waals surface area contributed by atoms with Gasteiger partial charge >= 0.3 is 0 Å². The van der Waals surface area contributed by atoms with E-state index in [0.717, 1.165) is 25.7 Å². The molecule has 162 valence electrons. The van der Waals surface area contributed by atoms with Gasteiger partial charge in [-0.25, -0.2) is 4.68 Å². The number of carbonyl (C=O) groups excluding carboxylic acids is 1. The van der Waals surface area contributed by atoms with Crippen LogP contribution in [0.15, 0.2) is 53.3 Å². The van der Waals surface area contributed by atoms with E-state index in [4.69, 9.17) is 0 Å². The second-order valence-corrected chi connectivity index (χ2v) is 8.94. The predicted octanol–water partition coefficient (Wildman–Crippen LogP) is 4.46. The summed E-state index contributed by atoms with van der Waals surface area (Å²) >= 11 is 0. The SMILES string of the molecule is CCCN(C(=O)c1nn(CC(C)C)c(=O)c2ccccc12)C1CCc2ccccc2C1. The first kappa shape index (κ1) is 21.3. The number of fused-ring (bicyclic) bond motifs is 2.